The second kappa shape index (κ2) is 9.28. The van der Waals surface area contributed by atoms with Crippen LogP contribution >= 0.6 is 11.3 Å². The first-order valence-electron chi connectivity index (χ1n) is 9.99. The van der Waals surface area contributed by atoms with Gasteiger partial charge in [-0.3, -0.25) is 9.69 Å². The normalized spacial score (nSPS) is 15.6. The van der Waals surface area contributed by atoms with Gasteiger partial charge in [-0.2, -0.15) is 0 Å². The van der Waals surface area contributed by atoms with Crippen LogP contribution < -0.4 is 5.56 Å². The molecular formula is C20H31N3O3S. The Morgan fingerprint density at radius 2 is 2.07 bits per heavy atom. The molecule has 1 aliphatic carbocycles. The maximum absolute atomic E-state index is 12.7. The largest absolute Gasteiger partial charge is 0.389 e. The van der Waals surface area contributed by atoms with Gasteiger partial charge in [-0.05, 0) is 43.7 Å². The van der Waals surface area contributed by atoms with E-state index >= 15 is 0 Å². The molecule has 1 atom stereocenters. The van der Waals surface area contributed by atoms with Crippen molar-refractivity contribution in [2.45, 2.75) is 59.1 Å². The molecule has 1 aliphatic rings. The third kappa shape index (κ3) is 5.16. The summed E-state index contributed by atoms with van der Waals surface area (Å²) in [6.45, 7) is 8.98. The number of rotatable bonds is 9. The van der Waals surface area contributed by atoms with Crippen molar-refractivity contribution in [3.8, 4) is 0 Å². The summed E-state index contributed by atoms with van der Waals surface area (Å²) in [6, 6.07) is 0. The zero-order chi connectivity index (χ0) is 19.4. The van der Waals surface area contributed by atoms with Gasteiger partial charge in [-0.25, -0.2) is 4.98 Å². The van der Waals surface area contributed by atoms with E-state index < -0.39 is 6.10 Å². The average Bonchev–Trinajstić information content (AvgIpc) is 2.99. The number of thiophene rings is 1. The second-order valence-electron chi connectivity index (χ2n) is 7.82. The minimum Gasteiger partial charge on any atom is -0.389 e. The smallest absolute Gasteiger partial charge is 0.259 e. The fraction of sp³-hybridized carbons (Fsp3) is 0.700. The monoisotopic (exact) mass is 393 g/mol. The molecule has 2 aromatic heterocycles. The van der Waals surface area contributed by atoms with Crippen molar-refractivity contribution in [3.63, 3.8) is 0 Å². The summed E-state index contributed by atoms with van der Waals surface area (Å²) in [5.41, 5.74) is 1.19. The molecule has 0 spiro atoms. The van der Waals surface area contributed by atoms with Gasteiger partial charge < -0.3 is 14.8 Å². The fourth-order valence-electron chi connectivity index (χ4n) is 3.59. The Hall–Kier alpha value is -1.28. The molecule has 0 aliphatic heterocycles. The lowest BCUT2D eigenvalue weighted by Gasteiger charge is -2.23. The number of nitrogens with one attached hydrogen (secondary N) is 1. The van der Waals surface area contributed by atoms with Crippen LogP contribution in [0.5, 0.6) is 0 Å². The number of hydrogen-bond donors (Lipinski definition) is 2. The second-order valence-corrected chi connectivity index (χ2v) is 8.90. The first-order valence-corrected chi connectivity index (χ1v) is 10.8. The van der Waals surface area contributed by atoms with Gasteiger partial charge in [0.2, 0.25) is 0 Å². The Labute approximate surface area is 164 Å². The van der Waals surface area contributed by atoms with Crippen LogP contribution in [0.3, 0.4) is 0 Å². The molecule has 0 bridgehead atoms. The fourth-order valence-corrected chi connectivity index (χ4v) is 4.87. The summed E-state index contributed by atoms with van der Waals surface area (Å²) in [6.07, 6.45) is 3.86. The van der Waals surface area contributed by atoms with E-state index in [0.29, 0.717) is 38.0 Å². The lowest BCUT2D eigenvalue weighted by atomic mass is 9.97. The van der Waals surface area contributed by atoms with Gasteiger partial charge in [0.25, 0.3) is 5.56 Å². The Kier molecular flexibility index (Phi) is 7.03. The van der Waals surface area contributed by atoms with Crippen LogP contribution in [0, 0.1) is 5.92 Å². The van der Waals surface area contributed by atoms with Crippen molar-refractivity contribution in [3.05, 3.63) is 26.6 Å². The van der Waals surface area contributed by atoms with Crippen LogP contribution in [0.25, 0.3) is 10.2 Å². The highest BCUT2D eigenvalue weighted by Crippen LogP contribution is 2.33. The molecule has 0 fully saturated rings. The molecule has 2 heterocycles. The highest BCUT2D eigenvalue weighted by molar-refractivity contribution is 7.18. The maximum Gasteiger partial charge on any atom is 0.259 e. The third-order valence-corrected chi connectivity index (χ3v) is 6.11. The number of aliphatic hydroxyl groups is 1. The number of hydrogen-bond acceptors (Lipinski definition) is 6. The van der Waals surface area contributed by atoms with Crippen LogP contribution in [-0.2, 0) is 24.1 Å². The average molecular weight is 394 g/mol. The lowest BCUT2D eigenvalue weighted by molar-refractivity contribution is 0.00738. The van der Waals surface area contributed by atoms with Gasteiger partial charge in [0, 0.05) is 18.0 Å². The molecular weight excluding hydrogens is 362 g/mol. The standard InChI is InChI=1S/C20H31N3O3S/c1-4-23(9-14(24)12-26-11-13(2)3)10-17-21-19(25)18-15-7-5-6-8-16(15)27-20(18)22-17/h13-14,24H,4-12H2,1-3H3,(H,21,22,25)/t14-/m1/s1. The number of aliphatic hydroxyl groups excluding tert-OH is 1. The molecule has 6 nitrogen and oxygen atoms in total. The van der Waals surface area contributed by atoms with E-state index in [1.54, 1.807) is 11.3 Å². The van der Waals surface area contributed by atoms with E-state index in [-0.39, 0.29) is 5.56 Å². The number of likely N-dealkylation sites (N-methyl/N-ethyl adjacent to an activating group) is 1. The number of aromatic nitrogens is 2. The molecule has 0 aromatic carbocycles. The molecule has 0 amide bonds. The molecule has 0 unspecified atom stereocenters. The summed E-state index contributed by atoms with van der Waals surface area (Å²) < 4.78 is 5.53. The van der Waals surface area contributed by atoms with Crippen LogP contribution in [-0.4, -0.2) is 52.4 Å². The quantitative estimate of drug-likeness (QED) is 0.685. The highest BCUT2D eigenvalue weighted by Gasteiger charge is 2.20. The van der Waals surface area contributed by atoms with Gasteiger partial charge >= 0.3 is 0 Å². The van der Waals surface area contributed by atoms with Crippen LogP contribution in [0.15, 0.2) is 4.79 Å². The molecule has 27 heavy (non-hydrogen) atoms. The van der Waals surface area contributed by atoms with Crippen molar-refractivity contribution in [2.24, 2.45) is 5.92 Å². The Bertz CT molecular complexity index is 815. The summed E-state index contributed by atoms with van der Waals surface area (Å²) in [7, 11) is 0. The molecule has 2 N–H and O–H groups in total. The van der Waals surface area contributed by atoms with Crippen molar-refractivity contribution in [1.29, 1.82) is 0 Å². The predicted octanol–water partition coefficient (Wildman–Crippen LogP) is 2.72. The van der Waals surface area contributed by atoms with E-state index in [1.807, 2.05) is 6.92 Å². The van der Waals surface area contributed by atoms with Crippen LogP contribution in [0.2, 0.25) is 0 Å². The topological polar surface area (TPSA) is 78.5 Å². The summed E-state index contributed by atoms with van der Waals surface area (Å²) in [4.78, 5) is 24.6. The van der Waals surface area contributed by atoms with Crippen molar-refractivity contribution >= 4 is 21.6 Å². The summed E-state index contributed by atoms with van der Waals surface area (Å²) in [5, 5.41) is 11.0. The molecule has 0 radical (unpaired) electrons. The van der Waals surface area contributed by atoms with Gasteiger partial charge in [0.1, 0.15) is 10.7 Å². The SMILES string of the molecule is CCN(Cc1nc2sc3c(c2c(=O)[nH]1)CCCC3)C[C@@H](O)COCC(C)C. The highest BCUT2D eigenvalue weighted by atomic mass is 32.1. The first-order chi connectivity index (χ1) is 13.0. The van der Waals surface area contributed by atoms with Crippen molar-refractivity contribution in [2.75, 3.05) is 26.3 Å². The summed E-state index contributed by atoms with van der Waals surface area (Å²) >= 11 is 1.67. The number of nitrogens with zero attached hydrogens (tertiary/aromatic N) is 2. The van der Waals surface area contributed by atoms with Gasteiger partial charge in [0.15, 0.2) is 0 Å². The molecule has 150 valence electrons. The third-order valence-electron chi connectivity index (χ3n) is 4.93. The molecule has 3 rings (SSSR count). The Morgan fingerprint density at radius 1 is 1.30 bits per heavy atom. The minimum atomic E-state index is -0.548. The van der Waals surface area contributed by atoms with E-state index in [4.69, 9.17) is 9.72 Å². The van der Waals surface area contributed by atoms with E-state index in [2.05, 4.69) is 23.7 Å². The van der Waals surface area contributed by atoms with E-state index in [0.717, 1.165) is 36.0 Å². The lowest BCUT2D eigenvalue weighted by Crippen LogP contribution is -2.35. The molecule has 0 saturated carbocycles. The molecule has 2 aromatic rings. The van der Waals surface area contributed by atoms with Gasteiger partial charge in [0.05, 0.1) is 24.6 Å². The maximum atomic E-state index is 12.7. The van der Waals surface area contributed by atoms with Gasteiger partial charge in [-0.15, -0.1) is 11.3 Å². The number of ether oxygens (including phenoxy) is 1. The minimum absolute atomic E-state index is 0.0220. The van der Waals surface area contributed by atoms with Crippen molar-refractivity contribution in [1.82, 2.24) is 14.9 Å². The van der Waals surface area contributed by atoms with E-state index in [1.165, 1.54) is 16.9 Å². The van der Waals surface area contributed by atoms with Crippen LogP contribution in [0.4, 0.5) is 0 Å². The zero-order valence-electron chi connectivity index (χ0n) is 16.6. The first kappa shape index (κ1) is 20.5. The number of H-pyrrole nitrogens is 1. The zero-order valence-corrected chi connectivity index (χ0v) is 17.4. The number of aryl methyl sites for hydroxylation is 2. The van der Waals surface area contributed by atoms with Crippen LogP contribution in [0.1, 0.15) is 49.9 Å². The van der Waals surface area contributed by atoms with E-state index in [9.17, 15) is 9.90 Å². The number of fused-ring (bicyclic) bond motifs is 3. The predicted molar refractivity (Wildman–Crippen MR) is 109 cm³/mol. The number of aromatic amines is 1. The summed E-state index contributed by atoms with van der Waals surface area (Å²) in [5.74, 6) is 1.13. The molecule has 0 saturated heterocycles. The van der Waals surface area contributed by atoms with Crippen molar-refractivity contribution < 1.29 is 9.84 Å². The Morgan fingerprint density at radius 3 is 2.81 bits per heavy atom. The Balaban J connectivity index is 1.68. The van der Waals surface area contributed by atoms with Gasteiger partial charge in [-0.1, -0.05) is 20.8 Å². The molecule has 7 heteroatoms.